The monoisotopic (exact) mass is 439 g/mol. The number of hydrogen-bond donors (Lipinski definition) is 0. The molecule has 0 N–H and O–H groups in total. The predicted octanol–water partition coefficient (Wildman–Crippen LogP) is 4.61. The maximum atomic E-state index is 13.1. The molecule has 5 rings (SSSR count). The zero-order valence-electron chi connectivity index (χ0n) is 17.5. The molecule has 162 valence electrons. The predicted molar refractivity (Wildman–Crippen MR) is 117 cm³/mol. The van der Waals surface area contributed by atoms with Gasteiger partial charge in [-0.3, -0.25) is 4.79 Å². The third kappa shape index (κ3) is 4.24. The second-order valence-electron chi connectivity index (χ2n) is 8.31. The SMILES string of the molecule is O=C(CCc1ncc(-c2ccc(Cl)cc2)o1)N1CCCC1c1nnc2n1CCCCC2. The van der Waals surface area contributed by atoms with E-state index in [-0.39, 0.29) is 11.9 Å². The van der Waals surface area contributed by atoms with Gasteiger partial charge in [-0.1, -0.05) is 18.0 Å². The number of fused-ring (bicyclic) bond motifs is 1. The normalized spacial score (nSPS) is 18.7. The second-order valence-corrected chi connectivity index (χ2v) is 8.74. The Balaban J connectivity index is 1.24. The Hall–Kier alpha value is -2.67. The molecule has 8 heteroatoms. The molecule has 1 fully saturated rings. The number of carbonyl (C=O) groups excluding carboxylic acids is 1. The van der Waals surface area contributed by atoms with Crippen LogP contribution in [-0.4, -0.2) is 37.1 Å². The minimum atomic E-state index is 0.0287. The van der Waals surface area contributed by atoms with Gasteiger partial charge in [0.05, 0.1) is 12.2 Å². The number of aromatic nitrogens is 4. The van der Waals surface area contributed by atoms with E-state index in [1.54, 1.807) is 6.20 Å². The van der Waals surface area contributed by atoms with Crippen LogP contribution < -0.4 is 0 Å². The van der Waals surface area contributed by atoms with Crippen molar-refractivity contribution in [3.8, 4) is 11.3 Å². The molecule has 0 bridgehead atoms. The number of amides is 1. The molecule has 4 heterocycles. The van der Waals surface area contributed by atoms with Crippen LogP contribution in [0.3, 0.4) is 0 Å². The van der Waals surface area contributed by atoms with Gasteiger partial charge in [-0.2, -0.15) is 0 Å². The first-order valence-electron chi connectivity index (χ1n) is 11.1. The fraction of sp³-hybridized carbons (Fsp3) is 0.478. The summed E-state index contributed by atoms with van der Waals surface area (Å²) in [5, 5.41) is 9.60. The molecule has 7 nitrogen and oxygen atoms in total. The quantitative estimate of drug-likeness (QED) is 0.580. The molecule has 1 aromatic carbocycles. The summed E-state index contributed by atoms with van der Waals surface area (Å²) in [4.78, 5) is 19.4. The molecule has 0 radical (unpaired) electrons. The summed E-state index contributed by atoms with van der Waals surface area (Å²) in [5.74, 6) is 3.42. The number of likely N-dealkylation sites (tertiary alicyclic amines) is 1. The van der Waals surface area contributed by atoms with Crippen LogP contribution in [-0.2, 0) is 24.2 Å². The Kier molecular flexibility index (Phi) is 5.76. The molecule has 1 amide bonds. The van der Waals surface area contributed by atoms with Crippen molar-refractivity contribution in [1.82, 2.24) is 24.6 Å². The van der Waals surface area contributed by atoms with Crippen LogP contribution >= 0.6 is 11.6 Å². The lowest BCUT2D eigenvalue weighted by molar-refractivity contribution is -0.132. The zero-order chi connectivity index (χ0) is 21.2. The Bertz CT molecular complexity index is 1060. The largest absolute Gasteiger partial charge is 0.441 e. The number of carbonyl (C=O) groups is 1. The van der Waals surface area contributed by atoms with Crippen LogP contribution in [0.4, 0.5) is 0 Å². The van der Waals surface area contributed by atoms with Crippen LogP contribution in [0.5, 0.6) is 0 Å². The maximum Gasteiger partial charge on any atom is 0.223 e. The van der Waals surface area contributed by atoms with E-state index >= 15 is 0 Å². The van der Waals surface area contributed by atoms with Gasteiger partial charge in [-0.25, -0.2) is 4.98 Å². The number of hydrogen-bond acceptors (Lipinski definition) is 5. The van der Waals surface area contributed by atoms with Crippen LogP contribution in [0.2, 0.25) is 5.02 Å². The highest BCUT2D eigenvalue weighted by molar-refractivity contribution is 6.30. The van der Waals surface area contributed by atoms with Gasteiger partial charge in [0.25, 0.3) is 0 Å². The van der Waals surface area contributed by atoms with E-state index in [2.05, 4.69) is 19.7 Å². The van der Waals surface area contributed by atoms with Crippen LogP contribution in [0.1, 0.15) is 62.1 Å². The molecular formula is C23H26ClN5O2. The number of rotatable bonds is 5. The van der Waals surface area contributed by atoms with Crippen LogP contribution in [0.25, 0.3) is 11.3 Å². The van der Waals surface area contributed by atoms with Crippen LogP contribution in [0.15, 0.2) is 34.9 Å². The molecule has 2 aliphatic rings. The average molecular weight is 440 g/mol. The van der Waals surface area contributed by atoms with Crippen molar-refractivity contribution in [3.05, 3.63) is 53.0 Å². The number of benzene rings is 1. The lowest BCUT2D eigenvalue weighted by atomic mass is 10.2. The average Bonchev–Trinajstić information content (AvgIpc) is 3.50. The minimum absolute atomic E-state index is 0.0287. The van der Waals surface area contributed by atoms with Gasteiger partial charge < -0.3 is 13.9 Å². The van der Waals surface area contributed by atoms with E-state index in [9.17, 15) is 4.79 Å². The van der Waals surface area contributed by atoms with Crippen molar-refractivity contribution in [3.63, 3.8) is 0 Å². The molecule has 0 aliphatic carbocycles. The molecule has 0 saturated carbocycles. The number of aryl methyl sites for hydroxylation is 2. The zero-order valence-corrected chi connectivity index (χ0v) is 18.2. The lowest BCUT2D eigenvalue weighted by Gasteiger charge is -2.24. The highest BCUT2D eigenvalue weighted by Crippen LogP contribution is 2.33. The summed E-state index contributed by atoms with van der Waals surface area (Å²) >= 11 is 5.95. The summed E-state index contributed by atoms with van der Waals surface area (Å²) in [6.07, 6.45) is 9.02. The van der Waals surface area contributed by atoms with Crippen molar-refractivity contribution >= 4 is 17.5 Å². The van der Waals surface area contributed by atoms with E-state index in [0.29, 0.717) is 29.5 Å². The first-order chi connectivity index (χ1) is 15.2. The Morgan fingerprint density at radius 2 is 1.97 bits per heavy atom. The van der Waals surface area contributed by atoms with Crippen molar-refractivity contribution in [1.29, 1.82) is 0 Å². The molecule has 2 aromatic heterocycles. The fourth-order valence-corrected chi connectivity index (χ4v) is 4.74. The highest BCUT2D eigenvalue weighted by Gasteiger charge is 2.34. The summed E-state index contributed by atoms with van der Waals surface area (Å²) in [7, 11) is 0. The topological polar surface area (TPSA) is 77.1 Å². The Labute approximate surface area is 186 Å². The minimum Gasteiger partial charge on any atom is -0.441 e. The number of nitrogens with zero attached hydrogens (tertiary/aromatic N) is 5. The third-order valence-corrected chi connectivity index (χ3v) is 6.50. The molecule has 2 aliphatic heterocycles. The molecule has 0 spiro atoms. The summed E-state index contributed by atoms with van der Waals surface area (Å²) in [5.41, 5.74) is 0.918. The first-order valence-corrected chi connectivity index (χ1v) is 11.5. The third-order valence-electron chi connectivity index (χ3n) is 6.24. The van der Waals surface area contributed by atoms with Gasteiger partial charge in [0.15, 0.2) is 17.5 Å². The number of halogens is 1. The van der Waals surface area contributed by atoms with Crippen molar-refractivity contribution in [2.45, 2.75) is 64.0 Å². The smallest absolute Gasteiger partial charge is 0.223 e. The summed E-state index contributed by atoms with van der Waals surface area (Å²) in [6, 6.07) is 7.46. The standard InChI is InChI=1S/C23H26ClN5O2/c24-17-9-7-16(8-10-17)19-15-25-21(31-19)11-12-22(30)28-14-4-5-18(28)23-27-26-20-6-2-1-3-13-29(20)23/h7-10,15,18H,1-6,11-14H2. The summed E-state index contributed by atoms with van der Waals surface area (Å²) in [6.45, 7) is 1.73. The van der Waals surface area contributed by atoms with Crippen LogP contribution in [0, 0.1) is 0 Å². The van der Waals surface area contributed by atoms with Gasteiger partial charge in [0.2, 0.25) is 5.91 Å². The van der Waals surface area contributed by atoms with E-state index in [1.807, 2.05) is 29.2 Å². The molecular weight excluding hydrogens is 414 g/mol. The first kappa shape index (κ1) is 20.2. The van der Waals surface area contributed by atoms with E-state index in [0.717, 1.165) is 56.0 Å². The molecule has 1 unspecified atom stereocenters. The van der Waals surface area contributed by atoms with Crippen molar-refractivity contribution in [2.24, 2.45) is 0 Å². The van der Waals surface area contributed by atoms with Crippen molar-refractivity contribution in [2.75, 3.05) is 6.54 Å². The molecule has 1 atom stereocenters. The van der Waals surface area contributed by atoms with E-state index < -0.39 is 0 Å². The van der Waals surface area contributed by atoms with Gasteiger partial charge >= 0.3 is 0 Å². The van der Waals surface area contributed by atoms with Gasteiger partial charge in [-0.15, -0.1) is 10.2 Å². The maximum absolute atomic E-state index is 13.1. The summed E-state index contributed by atoms with van der Waals surface area (Å²) < 4.78 is 8.12. The fourth-order valence-electron chi connectivity index (χ4n) is 4.62. The Morgan fingerprint density at radius 3 is 2.84 bits per heavy atom. The number of oxazole rings is 1. The molecule has 1 saturated heterocycles. The van der Waals surface area contributed by atoms with Gasteiger partial charge in [0, 0.05) is 42.9 Å². The van der Waals surface area contributed by atoms with Gasteiger partial charge in [-0.05, 0) is 49.9 Å². The molecule has 31 heavy (non-hydrogen) atoms. The molecule has 3 aromatic rings. The highest BCUT2D eigenvalue weighted by atomic mass is 35.5. The van der Waals surface area contributed by atoms with E-state index in [4.69, 9.17) is 16.0 Å². The van der Waals surface area contributed by atoms with E-state index in [1.165, 1.54) is 12.8 Å². The lowest BCUT2D eigenvalue weighted by Crippen LogP contribution is -2.32. The van der Waals surface area contributed by atoms with Gasteiger partial charge in [0.1, 0.15) is 5.82 Å². The second kappa shape index (κ2) is 8.83. The van der Waals surface area contributed by atoms with Crippen molar-refractivity contribution < 1.29 is 9.21 Å². The Morgan fingerprint density at radius 1 is 1.10 bits per heavy atom.